The summed E-state index contributed by atoms with van der Waals surface area (Å²) < 4.78 is 11.2. The lowest BCUT2D eigenvalue weighted by atomic mass is 10.2. The molecule has 1 heterocycles. The molecule has 146 valence electrons. The highest BCUT2D eigenvalue weighted by Crippen LogP contribution is 2.28. The summed E-state index contributed by atoms with van der Waals surface area (Å²) in [4.78, 5) is 16.4. The van der Waals surface area contributed by atoms with Crippen LogP contribution in [0.4, 0.5) is 0 Å². The Morgan fingerprint density at radius 1 is 1.19 bits per heavy atom. The number of aromatic nitrogens is 1. The van der Waals surface area contributed by atoms with Crippen molar-refractivity contribution in [2.24, 2.45) is 0 Å². The molecule has 0 spiro atoms. The van der Waals surface area contributed by atoms with Gasteiger partial charge in [-0.1, -0.05) is 6.07 Å². The number of benzene rings is 1. The maximum Gasteiger partial charge on any atom is 0.243 e. The molecule has 1 N–H and O–H groups in total. The number of amides is 1. The molecular weight excluding hydrogens is 360 g/mol. The van der Waals surface area contributed by atoms with Crippen LogP contribution in [-0.4, -0.2) is 30.6 Å². The van der Waals surface area contributed by atoms with E-state index in [2.05, 4.69) is 15.7 Å². The van der Waals surface area contributed by atoms with Crippen molar-refractivity contribution >= 4 is 23.3 Å². The second-order valence-electron chi connectivity index (χ2n) is 6.04. The summed E-state index contributed by atoms with van der Waals surface area (Å²) in [5, 5.41) is 6.15. The Bertz CT molecular complexity index is 756. The van der Waals surface area contributed by atoms with Crippen LogP contribution in [0.5, 0.6) is 11.5 Å². The van der Waals surface area contributed by atoms with Gasteiger partial charge in [-0.3, -0.25) is 4.79 Å². The van der Waals surface area contributed by atoms with Crippen molar-refractivity contribution in [3.8, 4) is 11.5 Å². The van der Waals surface area contributed by atoms with Crippen LogP contribution in [0.1, 0.15) is 43.0 Å². The van der Waals surface area contributed by atoms with E-state index in [0.29, 0.717) is 25.5 Å². The maximum atomic E-state index is 12.0. The second-order valence-corrected chi connectivity index (χ2v) is 6.98. The molecule has 6 heteroatoms. The van der Waals surface area contributed by atoms with E-state index in [4.69, 9.17) is 9.47 Å². The van der Waals surface area contributed by atoms with Crippen LogP contribution < -0.4 is 14.8 Å². The van der Waals surface area contributed by atoms with Crippen LogP contribution in [0.2, 0.25) is 0 Å². The van der Waals surface area contributed by atoms with Crippen LogP contribution in [0.15, 0.2) is 29.7 Å². The first-order valence-electron chi connectivity index (χ1n) is 9.39. The number of unbranched alkanes of at least 4 members (excludes halogenated alkanes) is 1. The topological polar surface area (TPSA) is 60.5 Å². The number of ether oxygens (including phenoxy) is 2. The number of carbonyl (C=O) groups is 1. The molecule has 0 saturated carbocycles. The molecule has 2 aromatic rings. The molecule has 27 heavy (non-hydrogen) atoms. The molecule has 0 saturated heterocycles. The van der Waals surface area contributed by atoms with E-state index < -0.39 is 0 Å². The van der Waals surface area contributed by atoms with Gasteiger partial charge in [0.1, 0.15) is 0 Å². The molecule has 1 aromatic heterocycles. The van der Waals surface area contributed by atoms with Crippen molar-refractivity contribution in [2.45, 2.75) is 40.0 Å². The Balaban J connectivity index is 1.75. The number of thiazole rings is 1. The average Bonchev–Trinajstić information content (AvgIpc) is 3.07. The highest BCUT2D eigenvalue weighted by atomic mass is 32.1. The van der Waals surface area contributed by atoms with E-state index in [1.807, 2.05) is 39.0 Å². The number of nitrogens with zero attached hydrogens (tertiary/aromatic N) is 1. The van der Waals surface area contributed by atoms with Gasteiger partial charge >= 0.3 is 0 Å². The number of hydrogen-bond acceptors (Lipinski definition) is 5. The van der Waals surface area contributed by atoms with Crippen molar-refractivity contribution in [1.29, 1.82) is 0 Å². The Morgan fingerprint density at radius 3 is 2.67 bits per heavy atom. The number of rotatable bonds is 11. The standard InChI is InChI=1S/C21H28N2O3S/c1-4-25-18-11-9-17(14-19(18)26-5-2)10-12-20(24)22-13-7-6-8-21-23-16(3)15-27-21/h9-12,14-15H,4-8,13H2,1-3H3,(H,22,24)/b12-10+. The van der Waals surface area contributed by atoms with Gasteiger partial charge in [0.15, 0.2) is 11.5 Å². The fraction of sp³-hybridized carbons (Fsp3) is 0.429. The van der Waals surface area contributed by atoms with Crippen LogP contribution in [0.3, 0.4) is 0 Å². The summed E-state index contributed by atoms with van der Waals surface area (Å²) in [5.41, 5.74) is 1.98. The molecule has 0 bridgehead atoms. The third-order valence-electron chi connectivity index (χ3n) is 3.78. The molecule has 5 nitrogen and oxygen atoms in total. The van der Waals surface area contributed by atoms with Crippen LogP contribution in [-0.2, 0) is 11.2 Å². The van der Waals surface area contributed by atoms with Crippen LogP contribution >= 0.6 is 11.3 Å². The minimum atomic E-state index is -0.0908. The van der Waals surface area contributed by atoms with Gasteiger partial charge in [0.05, 0.1) is 18.2 Å². The second kappa shape index (κ2) is 11.4. The Labute approximate surface area is 165 Å². The lowest BCUT2D eigenvalue weighted by Crippen LogP contribution is -2.22. The maximum absolute atomic E-state index is 12.0. The van der Waals surface area contributed by atoms with Gasteiger partial charge in [-0.2, -0.15) is 0 Å². The van der Waals surface area contributed by atoms with E-state index in [1.165, 1.54) is 5.01 Å². The van der Waals surface area contributed by atoms with Gasteiger partial charge in [0.2, 0.25) is 5.91 Å². The van der Waals surface area contributed by atoms with Gasteiger partial charge in [0.25, 0.3) is 0 Å². The van der Waals surface area contributed by atoms with Crippen molar-refractivity contribution in [3.63, 3.8) is 0 Å². The third kappa shape index (κ3) is 7.43. The van der Waals surface area contributed by atoms with Crippen molar-refractivity contribution < 1.29 is 14.3 Å². The van der Waals surface area contributed by atoms with Gasteiger partial charge in [-0.25, -0.2) is 4.98 Å². The molecule has 0 unspecified atom stereocenters. The van der Waals surface area contributed by atoms with Crippen LogP contribution in [0, 0.1) is 6.92 Å². The van der Waals surface area contributed by atoms with Gasteiger partial charge in [0, 0.05) is 23.7 Å². The van der Waals surface area contributed by atoms with E-state index in [1.54, 1.807) is 23.5 Å². The quantitative estimate of drug-likeness (QED) is 0.458. The lowest BCUT2D eigenvalue weighted by molar-refractivity contribution is -0.116. The summed E-state index contributed by atoms with van der Waals surface area (Å²) >= 11 is 1.70. The van der Waals surface area contributed by atoms with E-state index in [9.17, 15) is 4.79 Å². The highest BCUT2D eigenvalue weighted by Gasteiger charge is 2.05. The zero-order chi connectivity index (χ0) is 19.5. The predicted molar refractivity (Wildman–Crippen MR) is 111 cm³/mol. The largest absolute Gasteiger partial charge is 0.490 e. The normalized spacial score (nSPS) is 10.9. The molecule has 0 radical (unpaired) electrons. The fourth-order valence-corrected chi connectivity index (χ4v) is 3.35. The highest BCUT2D eigenvalue weighted by molar-refractivity contribution is 7.09. The predicted octanol–water partition coefficient (Wildman–Crippen LogP) is 4.40. The molecule has 0 aliphatic carbocycles. The fourth-order valence-electron chi connectivity index (χ4n) is 2.53. The Morgan fingerprint density at radius 2 is 1.96 bits per heavy atom. The summed E-state index contributed by atoms with van der Waals surface area (Å²) in [6.45, 7) is 7.69. The first-order chi connectivity index (χ1) is 13.1. The van der Waals surface area contributed by atoms with Crippen LogP contribution in [0.25, 0.3) is 6.08 Å². The Hall–Kier alpha value is -2.34. The van der Waals surface area contributed by atoms with Crippen molar-refractivity contribution in [3.05, 3.63) is 45.9 Å². The molecular formula is C21H28N2O3S. The summed E-state index contributed by atoms with van der Waals surface area (Å²) in [6.07, 6.45) is 6.27. The monoisotopic (exact) mass is 388 g/mol. The zero-order valence-corrected chi connectivity index (χ0v) is 17.1. The van der Waals surface area contributed by atoms with E-state index >= 15 is 0 Å². The number of hydrogen-bond donors (Lipinski definition) is 1. The molecule has 1 aromatic carbocycles. The first-order valence-corrected chi connectivity index (χ1v) is 10.3. The number of nitrogens with one attached hydrogen (secondary N) is 1. The number of aryl methyl sites for hydroxylation is 2. The SMILES string of the molecule is CCOc1ccc(/C=C/C(=O)NCCCCc2nc(C)cs2)cc1OCC. The van der Waals surface area contributed by atoms with E-state index in [-0.39, 0.29) is 5.91 Å². The zero-order valence-electron chi connectivity index (χ0n) is 16.3. The molecule has 2 rings (SSSR count). The third-order valence-corrected chi connectivity index (χ3v) is 4.80. The molecule has 0 aliphatic rings. The average molecular weight is 389 g/mol. The Kier molecular flexibility index (Phi) is 8.84. The smallest absolute Gasteiger partial charge is 0.243 e. The first kappa shape index (κ1) is 21.0. The van der Waals surface area contributed by atoms with Gasteiger partial charge in [-0.05, 0) is 63.8 Å². The minimum absolute atomic E-state index is 0.0908. The molecule has 1 amide bonds. The molecule has 0 aliphatic heterocycles. The summed E-state index contributed by atoms with van der Waals surface area (Å²) in [6, 6.07) is 5.66. The summed E-state index contributed by atoms with van der Waals surface area (Å²) in [5.74, 6) is 1.32. The van der Waals surface area contributed by atoms with E-state index in [0.717, 1.165) is 36.3 Å². The minimum Gasteiger partial charge on any atom is -0.490 e. The molecule has 0 fully saturated rings. The lowest BCUT2D eigenvalue weighted by Gasteiger charge is -2.11. The van der Waals surface area contributed by atoms with Crippen molar-refractivity contribution in [2.75, 3.05) is 19.8 Å². The van der Waals surface area contributed by atoms with Gasteiger partial charge in [-0.15, -0.1) is 11.3 Å². The number of carbonyl (C=O) groups excluding carboxylic acids is 1. The van der Waals surface area contributed by atoms with Crippen molar-refractivity contribution in [1.82, 2.24) is 10.3 Å². The summed E-state index contributed by atoms with van der Waals surface area (Å²) in [7, 11) is 0. The molecule has 0 atom stereocenters. The van der Waals surface area contributed by atoms with Gasteiger partial charge < -0.3 is 14.8 Å².